The molecular formula is C9H12N6O. The zero-order chi connectivity index (χ0) is 11.1. The minimum absolute atomic E-state index is 0.0925. The topological polar surface area (TPSA) is 112 Å². The van der Waals surface area contributed by atoms with Crippen molar-refractivity contribution in [1.82, 2.24) is 25.3 Å². The molecule has 2 aromatic heterocycles. The first-order valence-electron chi connectivity index (χ1n) is 5.23. The molecule has 0 spiro atoms. The Morgan fingerprint density at radius 1 is 1.31 bits per heavy atom. The van der Waals surface area contributed by atoms with Crippen molar-refractivity contribution in [1.29, 1.82) is 0 Å². The first-order valence-corrected chi connectivity index (χ1v) is 5.23. The van der Waals surface area contributed by atoms with Gasteiger partial charge < -0.3 is 16.0 Å². The molecular weight excluding hydrogens is 208 g/mol. The van der Waals surface area contributed by atoms with E-state index in [1.165, 1.54) is 0 Å². The van der Waals surface area contributed by atoms with Crippen LogP contribution in [-0.2, 0) is 0 Å². The van der Waals surface area contributed by atoms with Crippen LogP contribution in [0.5, 0.6) is 0 Å². The number of aromatic amines is 2. The molecule has 1 unspecified atom stereocenters. The average Bonchev–Trinajstić information content (AvgIpc) is 2.82. The van der Waals surface area contributed by atoms with Gasteiger partial charge >= 0.3 is 0 Å². The Balaban J connectivity index is 2.15. The summed E-state index contributed by atoms with van der Waals surface area (Å²) in [5, 5.41) is 3.30. The second-order valence-electron chi connectivity index (χ2n) is 3.92. The lowest BCUT2D eigenvalue weighted by molar-refractivity contribution is 0.614. The van der Waals surface area contributed by atoms with Crippen LogP contribution in [0.25, 0.3) is 11.2 Å². The Labute approximate surface area is 90.5 Å². The number of rotatable bonds is 1. The zero-order valence-corrected chi connectivity index (χ0v) is 8.58. The molecule has 84 valence electrons. The predicted molar refractivity (Wildman–Crippen MR) is 58.9 cm³/mol. The van der Waals surface area contributed by atoms with E-state index in [1.807, 2.05) is 0 Å². The molecule has 7 heteroatoms. The highest BCUT2D eigenvalue weighted by molar-refractivity contribution is 5.70. The van der Waals surface area contributed by atoms with E-state index in [2.05, 4.69) is 25.3 Å². The van der Waals surface area contributed by atoms with Crippen LogP contribution in [0.4, 0.5) is 5.95 Å². The fourth-order valence-electron chi connectivity index (χ4n) is 2.02. The number of nitrogens with two attached hydrogens (primary N) is 1. The van der Waals surface area contributed by atoms with Gasteiger partial charge in [-0.15, -0.1) is 0 Å². The molecule has 1 aliphatic heterocycles. The zero-order valence-electron chi connectivity index (χ0n) is 8.58. The lowest BCUT2D eigenvalue weighted by atomic mass is 10.2. The minimum Gasteiger partial charge on any atom is -0.369 e. The van der Waals surface area contributed by atoms with Crippen LogP contribution >= 0.6 is 0 Å². The molecule has 3 rings (SSSR count). The summed E-state index contributed by atoms with van der Waals surface area (Å²) in [7, 11) is 0. The van der Waals surface area contributed by atoms with E-state index in [0.717, 1.165) is 25.2 Å². The van der Waals surface area contributed by atoms with Crippen molar-refractivity contribution in [2.45, 2.75) is 18.9 Å². The summed E-state index contributed by atoms with van der Waals surface area (Å²) in [6, 6.07) is 0.190. The van der Waals surface area contributed by atoms with E-state index in [1.54, 1.807) is 0 Å². The minimum atomic E-state index is -0.278. The normalized spacial score (nSPS) is 20.6. The largest absolute Gasteiger partial charge is 0.369 e. The van der Waals surface area contributed by atoms with Crippen molar-refractivity contribution in [3.63, 3.8) is 0 Å². The molecule has 3 heterocycles. The third-order valence-electron chi connectivity index (χ3n) is 2.79. The van der Waals surface area contributed by atoms with Crippen LogP contribution < -0.4 is 16.6 Å². The van der Waals surface area contributed by atoms with Crippen LogP contribution in [0.2, 0.25) is 0 Å². The van der Waals surface area contributed by atoms with Gasteiger partial charge in [0.1, 0.15) is 5.82 Å². The number of hydrogen-bond acceptors (Lipinski definition) is 5. The van der Waals surface area contributed by atoms with E-state index in [4.69, 9.17) is 5.73 Å². The standard InChI is InChI=1S/C9H12N6O/c10-9-14-7-5(8(16)15-9)12-6(13-7)4-2-1-3-11-4/h4,11H,1-3H2,(H4,10,12,13,14,15,16). The van der Waals surface area contributed by atoms with Crippen LogP contribution in [0.15, 0.2) is 4.79 Å². The van der Waals surface area contributed by atoms with Crippen LogP contribution in [0.1, 0.15) is 24.7 Å². The van der Waals surface area contributed by atoms with E-state index in [-0.39, 0.29) is 17.5 Å². The highest BCUT2D eigenvalue weighted by atomic mass is 16.1. The van der Waals surface area contributed by atoms with Gasteiger partial charge in [0.2, 0.25) is 5.95 Å². The molecule has 1 fully saturated rings. The molecule has 16 heavy (non-hydrogen) atoms. The summed E-state index contributed by atoms with van der Waals surface area (Å²) in [4.78, 5) is 25.3. The number of nitrogens with zero attached hydrogens (tertiary/aromatic N) is 2. The molecule has 0 aliphatic carbocycles. The van der Waals surface area contributed by atoms with Crippen molar-refractivity contribution in [3.8, 4) is 0 Å². The van der Waals surface area contributed by atoms with E-state index < -0.39 is 0 Å². The Morgan fingerprint density at radius 2 is 2.19 bits per heavy atom. The Kier molecular flexibility index (Phi) is 1.93. The third kappa shape index (κ3) is 1.36. The molecule has 0 bridgehead atoms. The van der Waals surface area contributed by atoms with Gasteiger partial charge in [0.25, 0.3) is 5.56 Å². The number of nitrogens with one attached hydrogen (secondary N) is 3. The van der Waals surface area contributed by atoms with Gasteiger partial charge in [0.15, 0.2) is 11.2 Å². The van der Waals surface area contributed by atoms with Crippen LogP contribution in [-0.4, -0.2) is 26.5 Å². The summed E-state index contributed by atoms with van der Waals surface area (Å²) in [5.74, 6) is 0.853. The van der Waals surface area contributed by atoms with Gasteiger partial charge in [0.05, 0.1) is 6.04 Å². The summed E-state index contributed by atoms with van der Waals surface area (Å²) >= 11 is 0. The van der Waals surface area contributed by atoms with E-state index in [0.29, 0.717) is 11.2 Å². The predicted octanol–water partition coefficient (Wildman–Crippen LogP) is -0.347. The van der Waals surface area contributed by atoms with Gasteiger partial charge in [-0.25, -0.2) is 4.98 Å². The number of hydrogen-bond donors (Lipinski definition) is 4. The van der Waals surface area contributed by atoms with Gasteiger partial charge in [0, 0.05) is 0 Å². The maximum Gasteiger partial charge on any atom is 0.278 e. The maximum absolute atomic E-state index is 11.6. The molecule has 0 aromatic carbocycles. The number of anilines is 1. The van der Waals surface area contributed by atoms with Crippen molar-refractivity contribution >= 4 is 17.1 Å². The smallest absolute Gasteiger partial charge is 0.278 e. The second-order valence-corrected chi connectivity index (χ2v) is 3.92. The fourth-order valence-corrected chi connectivity index (χ4v) is 2.02. The molecule has 5 N–H and O–H groups in total. The van der Waals surface area contributed by atoms with Crippen LogP contribution in [0, 0.1) is 0 Å². The highest BCUT2D eigenvalue weighted by Crippen LogP contribution is 2.21. The molecule has 1 saturated heterocycles. The summed E-state index contributed by atoms with van der Waals surface area (Å²) < 4.78 is 0. The lowest BCUT2D eigenvalue weighted by Gasteiger charge is -2.04. The Hall–Kier alpha value is -1.89. The summed E-state index contributed by atoms with van der Waals surface area (Å²) in [6.07, 6.45) is 2.14. The van der Waals surface area contributed by atoms with Gasteiger partial charge in [-0.1, -0.05) is 0 Å². The second kappa shape index (κ2) is 3.31. The fraction of sp³-hybridized carbons (Fsp3) is 0.444. The number of H-pyrrole nitrogens is 2. The Bertz CT molecular complexity index is 579. The number of imidazole rings is 1. The summed E-state index contributed by atoms with van der Waals surface area (Å²) in [6.45, 7) is 0.980. The van der Waals surface area contributed by atoms with Gasteiger partial charge in [-0.05, 0) is 19.4 Å². The van der Waals surface area contributed by atoms with Crippen molar-refractivity contribution in [2.24, 2.45) is 0 Å². The van der Waals surface area contributed by atoms with Crippen LogP contribution in [0.3, 0.4) is 0 Å². The number of nitrogen functional groups attached to an aromatic ring is 1. The molecule has 7 nitrogen and oxygen atoms in total. The van der Waals surface area contributed by atoms with Crippen molar-refractivity contribution in [2.75, 3.05) is 12.3 Å². The summed E-state index contributed by atoms with van der Waals surface area (Å²) in [5.41, 5.74) is 5.94. The van der Waals surface area contributed by atoms with E-state index >= 15 is 0 Å². The SMILES string of the molecule is Nc1nc2nc(C3CCCN3)[nH]c2c(=O)[nH]1. The number of fused-ring (bicyclic) bond motifs is 1. The van der Waals surface area contributed by atoms with Gasteiger partial charge in [-0.3, -0.25) is 9.78 Å². The maximum atomic E-state index is 11.6. The molecule has 0 amide bonds. The number of aromatic nitrogens is 4. The van der Waals surface area contributed by atoms with Crippen molar-refractivity contribution in [3.05, 3.63) is 16.2 Å². The molecule has 2 aromatic rings. The van der Waals surface area contributed by atoms with E-state index in [9.17, 15) is 4.79 Å². The van der Waals surface area contributed by atoms with Gasteiger partial charge in [-0.2, -0.15) is 4.98 Å². The monoisotopic (exact) mass is 220 g/mol. The molecule has 1 atom stereocenters. The highest BCUT2D eigenvalue weighted by Gasteiger charge is 2.20. The molecule has 0 radical (unpaired) electrons. The molecule has 0 saturated carbocycles. The lowest BCUT2D eigenvalue weighted by Crippen LogP contribution is -2.14. The Morgan fingerprint density at radius 3 is 2.94 bits per heavy atom. The first kappa shape index (κ1) is 9.34. The third-order valence-corrected chi connectivity index (χ3v) is 2.79. The quantitative estimate of drug-likeness (QED) is 0.525. The van der Waals surface area contributed by atoms with Crippen molar-refractivity contribution < 1.29 is 0 Å². The molecule has 1 aliphatic rings. The first-order chi connectivity index (χ1) is 7.74. The average molecular weight is 220 g/mol.